The number of carbonyl (C=O) groups is 1. The number of aliphatic carboxylic acids is 1. The summed E-state index contributed by atoms with van der Waals surface area (Å²) in [5.41, 5.74) is 0.634. The Labute approximate surface area is 150 Å². The second-order valence-electron chi connectivity index (χ2n) is 5.57. The minimum Gasteiger partial charge on any atom is -0.497 e. The predicted molar refractivity (Wildman–Crippen MR) is 94.3 cm³/mol. The summed E-state index contributed by atoms with van der Waals surface area (Å²) in [7, 11) is 1.55. The number of hydrogen-bond donors (Lipinski definition) is 5. The van der Waals surface area contributed by atoms with E-state index in [1.54, 1.807) is 31.4 Å². The number of piperidine rings is 1. The van der Waals surface area contributed by atoms with Gasteiger partial charge in [0.05, 0.1) is 7.11 Å². The van der Waals surface area contributed by atoms with Gasteiger partial charge in [-0.1, -0.05) is 6.07 Å². The molecule has 2 rings (SSSR count). The standard InChI is InChI=1S/C14H19F2N5O.C2H4O2/c1-22-11-4-2-3-10(9-11)19-12(17)20-13(18)21-7-5-14(15,16)6-8-21;1-2(3)4/h2-4,9H,5-8H2,1H3,(H4,17,18,19,20);1H3,(H,3,4). The number of guanidine groups is 2. The molecule has 5 N–H and O–H groups in total. The number of rotatable bonds is 2. The van der Waals surface area contributed by atoms with Crippen LogP contribution in [0.3, 0.4) is 0 Å². The summed E-state index contributed by atoms with van der Waals surface area (Å²) in [6, 6.07) is 7.01. The number of nitrogens with one attached hydrogen (secondary N) is 4. The van der Waals surface area contributed by atoms with Crippen LogP contribution in [-0.2, 0) is 4.79 Å². The number of carboxylic acid groups (broad SMARTS) is 1. The van der Waals surface area contributed by atoms with Crippen LogP contribution in [0.25, 0.3) is 0 Å². The molecule has 1 fully saturated rings. The monoisotopic (exact) mass is 371 g/mol. The largest absolute Gasteiger partial charge is 0.497 e. The first-order valence-corrected chi connectivity index (χ1v) is 7.80. The molecule has 1 aliphatic heterocycles. The van der Waals surface area contributed by atoms with E-state index in [2.05, 4.69) is 10.6 Å². The Balaban J connectivity index is 0.000000765. The van der Waals surface area contributed by atoms with Gasteiger partial charge in [0, 0.05) is 44.6 Å². The number of alkyl halides is 2. The summed E-state index contributed by atoms with van der Waals surface area (Å²) >= 11 is 0. The average Bonchev–Trinajstić information content (AvgIpc) is 2.54. The van der Waals surface area contributed by atoms with Gasteiger partial charge in [-0.05, 0) is 12.1 Å². The summed E-state index contributed by atoms with van der Waals surface area (Å²) in [4.78, 5) is 10.5. The number of carboxylic acids is 1. The first kappa shape index (κ1) is 21.1. The summed E-state index contributed by atoms with van der Waals surface area (Å²) in [6.45, 7) is 1.29. The van der Waals surface area contributed by atoms with Crippen LogP contribution in [0.2, 0.25) is 0 Å². The molecule has 0 spiro atoms. The van der Waals surface area contributed by atoms with E-state index in [-0.39, 0.29) is 37.9 Å². The van der Waals surface area contributed by atoms with Crippen LogP contribution in [0, 0.1) is 10.8 Å². The van der Waals surface area contributed by atoms with Crippen LogP contribution in [0.4, 0.5) is 14.5 Å². The Morgan fingerprint density at radius 1 is 1.31 bits per heavy atom. The number of likely N-dealkylation sites (tertiary alicyclic amines) is 1. The molecule has 144 valence electrons. The van der Waals surface area contributed by atoms with Gasteiger partial charge >= 0.3 is 0 Å². The number of anilines is 1. The van der Waals surface area contributed by atoms with E-state index in [1.807, 2.05) is 0 Å². The Hall–Kier alpha value is -2.91. The van der Waals surface area contributed by atoms with Crippen LogP contribution in [0.1, 0.15) is 19.8 Å². The van der Waals surface area contributed by atoms with Crippen LogP contribution < -0.4 is 15.4 Å². The van der Waals surface area contributed by atoms with Gasteiger partial charge in [-0.15, -0.1) is 0 Å². The zero-order chi connectivity index (χ0) is 19.7. The molecule has 0 atom stereocenters. The SMILES string of the molecule is CC(=O)O.COc1cccc(NC(=N)NC(=N)N2CCC(F)(F)CC2)c1. The molecule has 0 unspecified atom stereocenters. The van der Waals surface area contributed by atoms with Crippen molar-refractivity contribution in [3.63, 3.8) is 0 Å². The minimum atomic E-state index is -2.65. The Morgan fingerprint density at radius 3 is 2.42 bits per heavy atom. The first-order chi connectivity index (χ1) is 12.1. The van der Waals surface area contributed by atoms with Gasteiger partial charge in [-0.3, -0.25) is 20.9 Å². The second kappa shape index (κ2) is 9.54. The second-order valence-corrected chi connectivity index (χ2v) is 5.57. The fourth-order valence-corrected chi connectivity index (χ4v) is 2.13. The maximum Gasteiger partial charge on any atom is 0.300 e. The fraction of sp³-hybridized carbons (Fsp3) is 0.438. The van der Waals surface area contributed by atoms with E-state index in [0.717, 1.165) is 6.92 Å². The molecule has 1 aromatic carbocycles. The van der Waals surface area contributed by atoms with E-state index in [1.165, 1.54) is 4.90 Å². The van der Waals surface area contributed by atoms with Crippen molar-refractivity contribution in [2.75, 3.05) is 25.5 Å². The predicted octanol–water partition coefficient (Wildman–Crippen LogP) is 2.39. The van der Waals surface area contributed by atoms with Crippen molar-refractivity contribution in [1.29, 1.82) is 10.8 Å². The number of benzene rings is 1. The molecule has 0 aliphatic carbocycles. The number of nitrogens with zero attached hydrogens (tertiary/aromatic N) is 1. The molecule has 1 heterocycles. The van der Waals surface area contributed by atoms with Crippen molar-refractivity contribution in [2.24, 2.45) is 0 Å². The Kier molecular flexibility index (Phi) is 7.76. The van der Waals surface area contributed by atoms with E-state index >= 15 is 0 Å². The molecule has 10 heteroatoms. The van der Waals surface area contributed by atoms with Gasteiger partial charge in [0.2, 0.25) is 0 Å². The summed E-state index contributed by atoms with van der Waals surface area (Å²) in [6.07, 6.45) is -0.540. The molecule has 0 bridgehead atoms. The van der Waals surface area contributed by atoms with Crippen LogP contribution in [0.15, 0.2) is 24.3 Å². The van der Waals surface area contributed by atoms with Gasteiger partial charge in [-0.25, -0.2) is 8.78 Å². The number of methoxy groups -OCH3 is 1. The molecule has 0 saturated carbocycles. The quantitative estimate of drug-likeness (QED) is 0.402. The molecule has 1 aliphatic rings. The molecule has 0 radical (unpaired) electrons. The van der Waals surface area contributed by atoms with Crippen LogP contribution in [0.5, 0.6) is 5.75 Å². The highest BCUT2D eigenvalue weighted by Gasteiger charge is 2.34. The lowest BCUT2D eigenvalue weighted by Crippen LogP contribution is -2.50. The molecule has 8 nitrogen and oxygen atoms in total. The highest BCUT2D eigenvalue weighted by Crippen LogP contribution is 2.27. The molecule has 1 aromatic rings. The Morgan fingerprint density at radius 2 is 1.88 bits per heavy atom. The van der Waals surface area contributed by atoms with Gasteiger partial charge < -0.3 is 20.1 Å². The van der Waals surface area contributed by atoms with Gasteiger partial charge in [-0.2, -0.15) is 0 Å². The van der Waals surface area contributed by atoms with Crippen molar-refractivity contribution in [2.45, 2.75) is 25.7 Å². The molecular formula is C16H23F2N5O3. The molecule has 0 aromatic heterocycles. The lowest BCUT2D eigenvalue weighted by atomic mass is 10.1. The summed E-state index contributed by atoms with van der Waals surface area (Å²) in [5.74, 6) is -3.00. The van der Waals surface area contributed by atoms with E-state index in [0.29, 0.717) is 11.4 Å². The van der Waals surface area contributed by atoms with Crippen LogP contribution >= 0.6 is 0 Å². The topological polar surface area (TPSA) is 122 Å². The minimum absolute atomic E-state index is 0.0594. The lowest BCUT2D eigenvalue weighted by molar-refractivity contribution is -0.134. The van der Waals surface area contributed by atoms with E-state index in [9.17, 15) is 8.78 Å². The molecule has 26 heavy (non-hydrogen) atoms. The number of ether oxygens (including phenoxy) is 1. The molecule has 0 amide bonds. The van der Waals surface area contributed by atoms with Crippen molar-refractivity contribution in [3.05, 3.63) is 24.3 Å². The van der Waals surface area contributed by atoms with E-state index in [4.69, 9.17) is 25.5 Å². The van der Waals surface area contributed by atoms with Gasteiger partial charge in [0.15, 0.2) is 11.9 Å². The highest BCUT2D eigenvalue weighted by atomic mass is 19.3. The molecule has 1 saturated heterocycles. The Bertz CT molecular complexity index is 641. The number of hydrogen-bond acceptors (Lipinski definition) is 4. The summed E-state index contributed by atoms with van der Waals surface area (Å²) < 4.78 is 31.2. The van der Waals surface area contributed by atoms with Crippen molar-refractivity contribution in [1.82, 2.24) is 10.2 Å². The fourth-order valence-electron chi connectivity index (χ4n) is 2.13. The van der Waals surface area contributed by atoms with Gasteiger partial charge in [0.1, 0.15) is 5.75 Å². The van der Waals surface area contributed by atoms with Crippen molar-refractivity contribution >= 4 is 23.6 Å². The van der Waals surface area contributed by atoms with Crippen LogP contribution in [-0.4, -0.2) is 54.0 Å². The first-order valence-electron chi connectivity index (χ1n) is 7.80. The maximum absolute atomic E-state index is 13.1. The van der Waals surface area contributed by atoms with Gasteiger partial charge in [0.25, 0.3) is 11.9 Å². The lowest BCUT2D eigenvalue weighted by Gasteiger charge is -2.33. The van der Waals surface area contributed by atoms with E-state index < -0.39 is 11.9 Å². The number of halogens is 2. The smallest absolute Gasteiger partial charge is 0.300 e. The molecular weight excluding hydrogens is 348 g/mol. The third kappa shape index (κ3) is 7.77. The summed E-state index contributed by atoms with van der Waals surface area (Å²) in [5, 5.41) is 28.4. The zero-order valence-corrected chi connectivity index (χ0v) is 14.6. The third-order valence-electron chi connectivity index (χ3n) is 3.39. The third-order valence-corrected chi connectivity index (χ3v) is 3.39. The highest BCUT2D eigenvalue weighted by molar-refractivity contribution is 6.02. The average molecular weight is 371 g/mol. The normalized spacial score (nSPS) is 15.2. The van der Waals surface area contributed by atoms with Crippen molar-refractivity contribution < 1.29 is 23.4 Å². The van der Waals surface area contributed by atoms with Crippen molar-refractivity contribution in [3.8, 4) is 5.75 Å². The zero-order valence-electron chi connectivity index (χ0n) is 14.6. The maximum atomic E-state index is 13.1.